The van der Waals surface area contributed by atoms with E-state index in [-0.39, 0.29) is 0 Å². The average molecular weight is 250 g/mol. The zero-order valence-electron chi connectivity index (χ0n) is 12.1. The summed E-state index contributed by atoms with van der Waals surface area (Å²) in [6.07, 6.45) is 16.6. The molecule has 104 valence electrons. The molecule has 0 N–H and O–H groups in total. The summed E-state index contributed by atoms with van der Waals surface area (Å²) < 4.78 is 5.48. The molecular weight excluding hydrogens is 220 g/mol. The molecule has 0 aromatic carbocycles. The van der Waals surface area contributed by atoms with E-state index in [9.17, 15) is 0 Å². The van der Waals surface area contributed by atoms with E-state index in [4.69, 9.17) is 4.74 Å². The lowest BCUT2D eigenvalue weighted by atomic mass is 9.70. The quantitative estimate of drug-likeness (QED) is 0.626. The normalized spacial score (nSPS) is 37.4. The molecule has 0 saturated heterocycles. The van der Waals surface area contributed by atoms with E-state index in [1.165, 1.54) is 64.2 Å². The van der Waals surface area contributed by atoms with Crippen molar-refractivity contribution in [2.75, 3.05) is 7.11 Å². The zero-order valence-corrected chi connectivity index (χ0v) is 12.1. The van der Waals surface area contributed by atoms with Crippen LogP contribution in [0.4, 0.5) is 0 Å². The first kappa shape index (κ1) is 14.1. The minimum Gasteiger partial charge on any atom is -0.381 e. The van der Waals surface area contributed by atoms with Crippen LogP contribution in [0.25, 0.3) is 0 Å². The van der Waals surface area contributed by atoms with Crippen molar-refractivity contribution in [2.24, 2.45) is 17.8 Å². The first-order valence-corrected chi connectivity index (χ1v) is 7.97. The van der Waals surface area contributed by atoms with Crippen molar-refractivity contribution < 1.29 is 4.74 Å². The monoisotopic (exact) mass is 250 g/mol. The Hall–Kier alpha value is -0.300. The summed E-state index contributed by atoms with van der Waals surface area (Å²) in [6, 6.07) is 0. The molecule has 0 aromatic heterocycles. The van der Waals surface area contributed by atoms with Crippen LogP contribution in [0.3, 0.4) is 0 Å². The van der Waals surface area contributed by atoms with Crippen LogP contribution in [0.1, 0.15) is 64.2 Å². The Balaban J connectivity index is 1.68. The number of hydrogen-bond acceptors (Lipinski definition) is 1. The molecule has 2 rings (SSSR count). The third-order valence-corrected chi connectivity index (χ3v) is 5.39. The van der Waals surface area contributed by atoms with E-state index in [2.05, 4.69) is 12.7 Å². The first-order valence-electron chi connectivity index (χ1n) is 7.97. The molecule has 0 heterocycles. The van der Waals surface area contributed by atoms with Gasteiger partial charge < -0.3 is 4.74 Å². The molecule has 2 saturated carbocycles. The molecule has 0 unspecified atom stereocenters. The van der Waals surface area contributed by atoms with Crippen LogP contribution < -0.4 is 0 Å². The molecule has 2 fully saturated rings. The predicted octanol–water partition coefficient (Wildman–Crippen LogP) is 4.96. The number of ether oxygens (including phenoxy) is 1. The Kier molecular flexibility index (Phi) is 5.75. The predicted molar refractivity (Wildman–Crippen MR) is 77.6 cm³/mol. The molecule has 0 atom stereocenters. The number of allylic oxidation sites excluding steroid dienone is 1. The van der Waals surface area contributed by atoms with Crippen LogP contribution in [-0.2, 0) is 4.74 Å². The van der Waals surface area contributed by atoms with E-state index in [1.54, 1.807) is 0 Å². The SMILES string of the molecule is C=CCC[C@H]1CC[C@H]([C@H]2CC[C@H](OC)CC2)CC1. The third kappa shape index (κ3) is 3.85. The van der Waals surface area contributed by atoms with Crippen molar-refractivity contribution >= 4 is 0 Å². The molecule has 0 spiro atoms. The van der Waals surface area contributed by atoms with Gasteiger partial charge in [0.15, 0.2) is 0 Å². The molecule has 0 bridgehead atoms. The Morgan fingerprint density at radius 3 is 2.00 bits per heavy atom. The lowest BCUT2D eigenvalue weighted by Crippen LogP contribution is -2.28. The van der Waals surface area contributed by atoms with E-state index >= 15 is 0 Å². The van der Waals surface area contributed by atoms with Gasteiger partial charge in [-0.05, 0) is 69.1 Å². The van der Waals surface area contributed by atoms with Gasteiger partial charge in [0.25, 0.3) is 0 Å². The fourth-order valence-electron chi connectivity index (χ4n) is 4.10. The summed E-state index contributed by atoms with van der Waals surface area (Å²) in [4.78, 5) is 0. The molecular formula is C17H30O. The van der Waals surface area contributed by atoms with Crippen LogP contribution in [0.2, 0.25) is 0 Å². The Morgan fingerprint density at radius 2 is 1.50 bits per heavy atom. The summed E-state index contributed by atoms with van der Waals surface area (Å²) in [7, 11) is 1.87. The van der Waals surface area contributed by atoms with Gasteiger partial charge in [-0.15, -0.1) is 6.58 Å². The second-order valence-corrected chi connectivity index (χ2v) is 6.42. The maximum Gasteiger partial charge on any atom is 0.0571 e. The number of hydrogen-bond donors (Lipinski definition) is 0. The highest BCUT2D eigenvalue weighted by atomic mass is 16.5. The first-order chi connectivity index (χ1) is 8.83. The van der Waals surface area contributed by atoms with Gasteiger partial charge in [0, 0.05) is 7.11 Å². The van der Waals surface area contributed by atoms with E-state index in [1.807, 2.05) is 7.11 Å². The lowest BCUT2D eigenvalue weighted by molar-refractivity contribution is 0.0392. The minimum absolute atomic E-state index is 0.560. The van der Waals surface area contributed by atoms with Gasteiger partial charge in [0.05, 0.1) is 6.10 Å². The van der Waals surface area contributed by atoms with Gasteiger partial charge in [0.1, 0.15) is 0 Å². The van der Waals surface area contributed by atoms with Crippen LogP contribution >= 0.6 is 0 Å². The molecule has 0 radical (unpaired) electrons. The van der Waals surface area contributed by atoms with Crippen molar-refractivity contribution in [1.29, 1.82) is 0 Å². The zero-order chi connectivity index (χ0) is 12.8. The van der Waals surface area contributed by atoms with Crippen molar-refractivity contribution in [1.82, 2.24) is 0 Å². The molecule has 2 aliphatic rings. The highest BCUT2D eigenvalue weighted by Gasteiger charge is 2.30. The van der Waals surface area contributed by atoms with Gasteiger partial charge in [0.2, 0.25) is 0 Å². The van der Waals surface area contributed by atoms with Gasteiger partial charge in [-0.2, -0.15) is 0 Å². The van der Waals surface area contributed by atoms with Crippen LogP contribution in [0.15, 0.2) is 12.7 Å². The summed E-state index contributed by atoms with van der Waals surface area (Å²) in [5.74, 6) is 3.04. The maximum absolute atomic E-state index is 5.48. The molecule has 0 aliphatic heterocycles. The molecule has 0 aromatic rings. The van der Waals surface area contributed by atoms with Crippen molar-refractivity contribution in [2.45, 2.75) is 70.3 Å². The highest BCUT2D eigenvalue weighted by Crippen LogP contribution is 2.41. The van der Waals surface area contributed by atoms with Crippen molar-refractivity contribution in [3.05, 3.63) is 12.7 Å². The van der Waals surface area contributed by atoms with E-state index in [0.29, 0.717) is 6.10 Å². The van der Waals surface area contributed by atoms with Crippen molar-refractivity contribution in [3.8, 4) is 0 Å². The van der Waals surface area contributed by atoms with Crippen LogP contribution in [0.5, 0.6) is 0 Å². The second-order valence-electron chi connectivity index (χ2n) is 6.42. The molecule has 0 amide bonds. The lowest BCUT2D eigenvalue weighted by Gasteiger charge is -2.37. The largest absolute Gasteiger partial charge is 0.381 e. The smallest absolute Gasteiger partial charge is 0.0571 e. The van der Waals surface area contributed by atoms with E-state index in [0.717, 1.165) is 17.8 Å². The van der Waals surface area contributed by atoms with Crippen LogP contribution in [0, 0.1) is 17.8 Å². The second kappa shape index (κ2) is 7.33. The molecule has 2 aliphatic carbocycles. The van der Waals surface area contributed by atoms with E-state index < -0.39 is 0 Å². The van der Waals surface area contributed by atoms with Gasteiger partial charge in [-0.25, -0.2) is 0 Å². The Morgan fingerprint density at radius 1 is 0.944 bits per heavy atom. The minimum atomic E-state index is 0.560. The van der Waals surface area contributed by atoms with Gasteiger partial charge >= 0.3 is 0 Å². The molecule has 18 heavy (non-hydrogen) atoms. The number of rotatable bonds is 5. The third-order valence-electron chi connectivity index (χ3n) is 5.39. The maximum atomic E-state index is 5.48. The van der Waals surface area contributed by atoms with Gasteiger partial charge in [-0.3, -0.25) is 0 Å². The van der Waals surface area contributed by atoms with Crippen LogP contribution in [-0.4, -0.2) is 13.2 Å². The summed E-state index contributed by atoms with van der Waals surface area (Å²) in [6.45, 7) is 3.84. The fraction of sp³-hybridized carbons (Fsp3) is 0.882. The molecule has 1 nitrogen and oxygen atoms in total. The summed E-state index contributed by atoms with van der Waals surface area (Å²) in [5, 5.41) is 0. The summed E-state index contributed by atoms with van der Waals surface area (Å²) >= 11 is 0. The van der Waals surface area contributed by atoms with Crippen molar-refractivity contribution in [3.63, 3.8) is 0 Å². The molecule has 1 heteroatoms. The Bertz CT molecular complexity index is 232. The highest BCUT2D eigenvalue weighted by molar-refractivity contribution is 4.83. The summed E-state index contributed by atoms with van der Waals surface area (Å²) in [5.41, 5.74) is 0. The number of methoxy groups -OCH3 is 1. The Labute approximate surface area is 113 Å². The average Bonchev–Trinajstić information content (AvgIpc) is 2.46. The fourth-order valence-corrected chi connectivity index (χ4v) is 4.10. The topological polar surface area (TPSA) is 9.23 Å². The van der Waals surface area contributed by atoms with Gasteiger partial charge in [-0.1, -0.05) is 18.9 Å². The standard InChI is InChI=1S/C17H30O/c1-3-4-5-14-6-8-15(9-7-14)16-10-12-17(18-2)13-11-16/h3,14-17H,1,4-13H2,2H3/t14-,15-,16-,17-.